The summed E-state index contributed by atoms with van der Waals surface area (Å²) in [5, 5.41) is 43.7. The van der Waals surface area contributed by atoms with Crippen LogP contribution in [0.4, 0.5) is 28.4 Å². The Bertz CT molecular complexity index is 1460. The smallest absolute Gasteiger partial charge is 0.214 e. The second kappa shape index (κ2) is 12.9. The minimum Gasteiger partial charge on any atom is -0.505 e. The highest BCUT2D eigenvalue weighted by atomic mass is 32.2. The van der Waals surface area contributed by atoms with Gasteiger partial charge in [-0.05, 0) is 67.9 Å². The summed E-state index contributed by atoms with van der Waals surface area (Å²) < 4.78 is 16.4. The predicted molar refractivity (Wildman–Crippen MR) is 145 cm³/mol. The van der Waals surface area contributed by atoms with E-state index in [1.54, 1.807) is 18.2 Å². The van der Waals surface area contributed by atoms with Crippen LogP contribution in [0.15, 0.2) is 81.6 Å². The number of phenols is 1. The van der Waals surface area contributed by atoms with Gasteiger partial charge in [0.25, 0.3) is 0 Å². The number of fused-ring (bicyclic) bond motifs is 1. The van der Waals surface area contributed by atoms with Gasteiger partial charge in [-0.3, -0.25) is 0 Å². The Morgan fingerprint density at radius 1 is 0.974 bits per heavy atom. The summed E-state index contributed by atoms with van der Waals surface area (Å²) in [6, 6.07) is 21.1. The van der Waals surface area contributed by atoms with Crippen molar-refractivity contribution in [2.24, 2.45) is 5.11 Å². The molecule has 38 heavy (non-hydrogen) atoms. The first-order chi connectivity index (χ1) is 19.0. The van der Waals surface area contributed by atoms with Gasteiger partial charge in [-0.2, -0.15) is 5.11 Å². The fourth-order valence-electron chi connectivity index (χ4n) is 4.11. The molecule has 0 heterocycles. The first-order valence-corrected chi connectivity index (χ1v) is 12.7. The third kappa shape index (κ3) is 6.01. The molecule has 0 aliphatic heterocycles. The molecule has 0 bridgehead atoms. The third-order valence-electron chi connectivity index (χ3n) is 5.62. The number of aromatic hydroxyl groups is 1. The molecule has 0 saturated heterocycles. The third-order valence-corrected chi connectivity index (χ3v) is 6.98. The molecular formula is C25H24N4O7S2. The van der Waals surface area contributed by atoms with Gasteiger partial charge in [0, 0.05) is 34.4 Å². The van der Waals surface area contributed by atoms with Crippen molar-refractivity contribution in [1.29, 1.82) is 5.52 Å². The van der Waals surface area contributed by atoms with Crippen LogP contribution in [0.25, 0.3) is 10.8 Å². The topological polar surface area (TPSA) is 149 Å². The van der Waals surface area contributed by atoms with Gasteiger partial charge in [-0.1, -0.05) is 28.3 Å². The van der Waals surface area contributed by atoms with E-state index >= 15 is 0 Å². The molecule has 0 spiro atoms. The zero-order valence-corrected chi connectivity index (χ0v) is 21.8. The van der Waals surface area contributed by atoms with Crippen molar-refractivity contribution in [3.63, 3.8) is 0 Å². The van der Waals surface area contributed by atoms with E-state index in [4.69, 9.17) is 16.3 Å². The maximum atomic E-state index is 10.9. The molecule has 0 aliphatic rings. The van der Waals surface area contributed by atoms with Crippen LogP contribution in [-0.2, 0) is 18.7 Å². The van der Waals surface area contributed by atoms with Gasteiger partial charge in [-0.15, -0.1) is 8.67 Å². The van der Waals surface area contributed by atoms with Crippen LogP contribution in [-0.4, -0.2) is 22.2 Å². The van der Waals surface area contributed by atoms with Gasteiger partial charge in [0.1, 0.15) is 5.69 Å². The lowest BCUT2D eigenvalue weighted by molar-refractivity contribution is -0.432. The molecule has 4 aromatic carbocycles. The quantitative estimate of drug-likeness (QED) is 0.0495. The molecule has 0 radical (unpaired) electrons. The molecule has 198 valence electrons. The Morgan fingerprint density at radius 3 is 2.45 bits per heavy atom. The number of hydrogen-bond donors (Lipinski definition) is 5. The number of aryl methyl sites for hydroxylation is 1. The maximum Gasteiger partial charge on any atom is 0.214 e. The molecule has 0 fully saturated rings. The zero-order chi connectivity index (χ0) is 27.8. The largest absolute Gasteiger partial charge is 0.505 e. The second-order valence-electron chi connectivity index (χ2n) is 7.92. The summed E-state index contributed by atoms with van der Waals surface area (Å²) in [6.07, 6.45) is 0. The van der Waals surface area contributed by atoms with E-state index in [1.807, 2.05) is 49.4 Å². The van der Waals surface area contributed by atoms with Crippen molar-refractivity contribution in [1.82, 2.24) is 0 Å². The fraction of sp³-hybridized carbons (Fsp3) is 0.120. The van der Waals surface area contributed by atoms with E-state index in [-0.39, 0.29) is 16.3 Å². The number of hydrogen-bond acceptors (Lipinski definition) is 13. The monoisotopic (exact) mass is 557 g/mol. The van der Waals surface area contributed by atoms with E-state index in [0.29, 0.717) is 45.4 Å². The number of anilines is 4. The number of rotatable bonds is 12. The Morgan fingerprint density at radius 2 is 1.74 bits per heavy atom. The summed E-state index contributed by atoms with van der Waals surface area (Å²) >= 11 is 1.23. The van der Waals surface area contributed by atoms with Gasteiger partial charge in [0.2, 0.25) is 1.41 Å². The van der Waals surface area contributed by atoms with Crippen molar-refractivity contribution in [2.45, 2.75) is 23.6 Å². The highest BCUT2D eigenvalue weighted by Gasteiger charge is 2.20. The van der Waals surface area contributed by atoms with Gasteiger partial charge in [0.05, 0.1) is 39.6 Å². The summed E-state index contributed by atoms with van der Waals surface area (Å²) in [4.78, 5) is 2.79. The second-order valence-corrected chi connectivity index (χ2v) is 9.38. The standard InChI is InChI=1S/C25H24N4O7S2/c1-3-29(17-7-5-4-6-8-17)18-12-15(2)11-16(13-18)27-21-10-9-19-20(25(21)38-36-34-32)14-22(37-35-33-31)23(28-26)24(19)30/h4-14,26-27,30-32H,3H2,1-2H3/i/hD. The van der Waals surface area contributed by atoms with Crippen LogP contribution in [0.2, 0.25) is 1.41 Å². The molecule has 0 aromatic heterocycles. The van der Waals surface area contributed by atoms with Gasteiger partial charge in [0.15, 0.2) is 5.75 Å². The van der Waals surface area contributed by atoms with Gasteiger partial charge < -0.3 is 15.3 Å². The first-order valence-electron chi connectivity index (χ1n) is 11.6. The number of benzene rings is 4. The molecule has 0 saturated carbocycles. The van der Waals surface area contributed by atoms with Crippen LogP contribution in [0.1, 0.15) is 12.5 Å². The van der Waals surface area contributed by atoms with Crippen molar-refractivity contribution >= 4 is 63.3 Å². The Balaban J connectivity index is 1.82. The lowest BCUT2D eigenvalue weighted by Crippen LogP contribution is -2.16. The summed E-state index contributed by atoms with van der Waals surface area (Å²) in [5.74, 6) is -0.301. The van der Waals surface area contributed by atoms with Gasteiger partial charge in [-0.25, -0.2) is 16.0 Å². The van der Waals surface area contributed by atoms with E-state index in [2.05, 4.69) is 48.3 Å². The number of nitrogens with zero attached hydrogens (tertiary/aromatic N) is 2. The number of phenolic OH excluding ortho intramolecular Hbond substituents is 1. The number of para-hydroxylation sites is 1. The molecule has 0 atom stereocenters. The first kappa shape index (κ1) is 26.2. The molecule has 0 amide bonds. The summed E-state index contributed by atoms with van der Waals surface area (Å²) in [5.41, 5.74) is 7.33. The maximum absolute atomic E-state index is 10.9. The molecule has 13 heteroatoms. The van der Waals surface area contributed by atoms with Crippen LogP contribution in [0.5, 0.6) is 5.75 Å². The normalized spacial score (nSPS) is 11.7. The predicted octanol–water partition coefficient (Wildman–Crippen LogP) is 8.27. The molecular weight excluding hydrogens is 532 g/mol. The van der Waals surface area contributed by atoms with Gasteiger partial charge >= 0.3 is 0 Å². The highest BCUT2D eigenvalue weighted by Crippen LogP contribution is 2.48. The molecule has 11 nitrogen and oxygen atoms in total. The van der Waals surface area contributed by atoms with E-state index in [9.17, 15) is 5.11 Å². The van der Waals surface area contributed by atoms with Crippen molar-refractivity contribution < 1.29 is 35.8 Å². The summed E-state index contributed by atoms with van der Waals surface area (Å²) in [7, 11) is 0. The molecule has 5 N–H and O–H groups in total. The lowest BCUT2D eigenvalue weighted by Gasteiger charge is -2.25. The highest BCUT2D eigenvalue weighted by molar-refractivity contribution is 7.95. The average molecular weight is 558 g/mol. The molecule has 4 aromatic rings. The fourth-order valence-corrected chi connectivity index (χ4v) is 5.16. The SMILES string of the molecule is [2H]N=Nc1c(SOOO)cc2c(SOOO)c(Nc3cc(C)cc(N(CC)c4ccccc4)c3)ccc2c1O. The summed E-state index contributed by atoms with van der Waals surface area (Å²) in [6.45, 7) is 4.83. The Hall–Kier alpha value is -3.40. The molecule has 4 rings (SSSR count). The average Bonchev–Trinajstić information content (AvgIpc) is 2.93. The Kier molecular flexibility index (Phi) is 8.90. The van der Waals surface area contributed by atoms with E-state index < -0.39 is 0 Å². The molecule has 0 aliphatic carbocycles. The number of nitrogens with one attached hydrogen (secondary N) is 2. The lowest BCUT2D eigenvalue weighted by atomic mass is 10.1. The molecule has 0 unspecified atom stereocenters. The van der Waals surface area contributed by atoms with Crippen LogP contribution >= 0.6 is 24.1 Å². The van der Waals surface area contributed by atoms with E-state index in [1.165, 1.54) is 0 Å². The minimum atomic E-state index is -0.301. The zero-order valence-electron chi connectivity index (χ0n) is 21.2. The van der Waals surface area contributed by atoms with Crippen molar-refractivity contribution in [2.75, 3.05) is 16.8 Å². The minimum absolute atomic E-state index is 0.0700. The van der Waals surface area contributed by atoms with E-state index in [0.717, 1.165) is 29.2 Å². The van der Waals surface area contributed by atoms with Crippen LogP contribution in [0, 0.1) is 12.4 Å². The van der Waals surface area contributed by atoms with Crippen molar-refractivity contribution in [3.05, 3.63) is 72.3 Å². The van der Waals surface area contributed by atoms with Crippen LogP contribution in [0.3, 0.4) is 0 Å². The Labute approximate surface area is 228 Å². The van der Waals surface area contributed by atoms with Crippen LogP contribution < -0.4 is 10.2 Å². The van der Waals surface area contributed by atoms with Crippen molar-refractivity contribution in [3.8, 4) is 5.75 Å².